The van der Waals surface area contributed by atoms with Crippen molar-refractivity contribution in [3.63, 3.8) is 0 Å². The van der Waals surface area contributed by atoms with E-state index in [2.05, 4.69) is 4.90 Å². The molecule has 1 aliphatic rings. The van der Waals surface area contributed by atoms with Crippen molar-refractivity contribution in [1.82, 2.24) is 9.80 Å². The molecule has 1 aromatic rings. The summed E-state index contributed by atoms with van der Waals surface area (Å²) in [7, 11) is 0. The first-order chi connectivity index (χ1) is 9.34. The Morgan fingerprint density at radius 1 is 1.30 bits per heavy atom. The van der Waals surface area contributed by atoms with Crippen LogP contribution in [0.15, 0.2) is 10.8 Å². The summed E-state index contributed by atoms with van der Waals surface area (Å²) in [5, 5.41) is 3.95. The molecule has 6 heteroatoms. The Kier molecular flexibility index (Phi) is 4.46. The van der Waals surface area contributed by atoms with Crippen LogP contribution >= 0.6 is 23.6 Å². The zero-order chi connectivity index (χ0) is 14.9. The van der Waals surface area contributed by atoms with E-state index in [1.165, 1.54) is 0 Å². The molecule has 1 aliphatic heterocycles. The number of rotatable bonds is 3. The molecule has 20 heavy (non-hydrogen) atoms. The minimum absolute atomic E-state index is 0.136. The number of piperazine rings is 1. The number of amides is 1. The second-order valence-electron chi connectivity index (χ2n) is 5.67. The van der Waals surface area contributed by atoms with Crippen molar-refractivity contribution in [3.05, 3.63) is 21.9 Å². The third-order valence-corrected chi connectivity index (χ3v) is 5.41. The second kappa shape index (κ2) is 5.79. The van der Waals surface area contributed by atoms with Crippen molar-refractivity contribution >= 4 is 34.5 Å². The van der Waals surface area contributed by atoms with Gasteiger partial charge in [0.15, 0.2) is 0 Å². The van der Waals surface area contributed by atoms with Gasteiger partial charge in [-0.3, -0.25) is 9.69 Å². The molecule has 2 rings (SSSR count). The van der Waals surface area contributed by atoms with Crippen molar-refractivity contribution in [1.29, 1.82) is 0 Å². The molecule has 1 saturated heterocycles. The summed E-state index contributed by atoms with van der Waals surface area (Å²) < 4.78 is 0. The number of hydrogen-bond acceptors (Lipinski definition) is 4. The van der Waals surface area contributed by atoms with Crippen molar-refractivity contribution in [3.8, 4) is 0 Å². The molecule has 2 heterocycles. The highest BCUT2D eigenvalue weighted by molar-refractivity contribution is 7.80. The number of thiophene rings is 1. The summed E-state index contributed by atoms with van der Waals surface area (Å²) in [4.78, 5) is 17.1. The van der Waals surface area contributed by atoms with Crippen LogP contribution in [0.1, 0.15) is 29.8 Å². The first kappa shape index (κ1) is 15.4. The van der Waals surface area contributed by atoms with Crippen LogP contribution in [-0.2, 0) is 0 Å². The zero-order valence-corrected chi connectivity index (χ0v) is 13.8. The Labute approximate surface area is 129 Å². The lowest BCUT2D eigenvalue weighted by molar-refractivity contribution is 0.0539. The van der Waals surface area contributed by atoms with E-state index in [4.69, 9.17) is 18.0 Å². The Balaban J connectivity index is 2.00. The van der Waals surface area contributed by atoms with Crippen LogP contribution in [0.3, 0.4) is 0 Å². The van der Waals surface area contributed by atoms with Gasteiger partial charge in [-0.25, -0.2) is 0 Å². The number of nitrogens with two attached hydrogens (primary N) is 1. The number of thiocarbonyl (C=S) groups is 1. The molecular weight excluding hydrogens is 290 g/mol. The highest BCUT2D eigenvalue weighted by atomic mass is 32.1. The predicted octanol–water partition coefficient (Wildman–Crippen LogP) is 1.88. The minimum Gasteiger partial charge on any atom is -0.392 e. The van der Waals surface area contributed by atoms with Crippen molar-refractivity contribution in [2.75, 3.05) is 26.2 Å². The third-order valence-electron chi connectivity index (χ3n) is 4.05. The van der Waals surface area contributed by atoms with Crippen LogP contribution in [0, 0.1) is 6.92 Å². The van der Waals surface area contributed by atoms with Gasteiger partial charge in [0, 0.05) is 31.6 Å². The van der Waals surface area contributed by atoms with E-state index < -0.39 is 0 Å². The van der Waals surface area contributed by atoms with Gasteiger partial charge < -0.3 is 10.6 Å². The molecule has 0 aliphatic carbocycles. The summed E-state index contributed by atoms with van der Waals surface area (Å²) >= 11 is 6.71. The van der Waals surface area contributed by atoms with Crippen molar-refractivity contribution < 1.29 is 4.79 Å². The summed E-state index contributed by atoms with van der Waals surface area (Å²) in [6, 6.07) is 0. The van der Waals surface area contributed by atoms with Crippen LogP contribution in [0.4, 0.5) is 0 Å². The summed E-state index contributed by atoms with van der Waals surface area (Å²) in [5.41, 5.74) is 7.41. The lowest BCUT2D eigenvalue weighted by Gasteiger charge is -2.43. The monoisotopic (exact) mass is 311 g/mol. The fourth-order valence-electron chi connectivity index (χ4n) is 2.37. The number of nitrogens with zero attached hydrogens (tertiary/aromatic N) is 2. The standard InChI is InChI=1S/C14H21N3OS2/c1-10-8-20-9-11(10)12(18)16-4-6-17(7-5-16)14(2,3)13(15)19/h8-9H,4-7H2,1-3H3,(H2,15,19). The van der Waals surface area contributed by atoms with Gasteiger partial charge in [0.1, 0.15) is 0 Å². The molecule has 0 radical (unpaired) electrons. The van der Waals surface area contributed by atoms with E-state index in [0.717, 1.165) is 37.3 Å². The first-order valence-corrected chi connectivity index (χ1v) is 8.06. The summed E-state index contributed by atoms with van der Waals surface area (Å²) in [6.45, 7) is 9.11. The SMILES string of the molecule is Cc1cscc1C(=O)N1CCN(C(C)(C)C(N)=S)CC1. The summed E-state index contributed by atoms with van der Waals surface area (Å²) in [6.07, 6.45) is 0. The molecule has 0 spiro atoms. The van der Waals surface area contributed by atoms with E-state index in [-0.39, 0.29) is 11.4 Å². The number of aryl methyl sites for hydroxylation is 1. The van der Waals surface area contributed by atoms with Gasteiger partial charge in [-0.2, -0.15) is 11.3 Å². The van der Waals surface area contributed by atoms with E-state index in [9.17, 15) is 4.79 Å². The quantitative estimate of drug-likeness (QED) is 0.866. The van der Waals surface area contributed by atoms with Gasteiger partial charge in [0.25, 0.3) is 5.91 Å². The van der Waals surface area contributed by atoms with E-state index in [1.54, 1.807) is 11.3 Å². The molecular formula is C14H21N3OS2. The molecule has 0 atom stereocenters. The Morgan fingerprint density at radius 3 is 2.35 bits per heavy atom. The fourth-order valence-corrected chi connectivity index (χ4v) is 3.33. The van der Waals surface area contributed by atoms with Gasteiger partial charge >= 0.3 is 0 Å². The third kappa shape index (κ3) is 2.87. The van der Waals surface area contributed by atoms with Crippen LogP contribution in [0.5, 0.6) is 0 Å². The average Bonchev–Trinajstić information content (AvgIpc) is 2.84. The minimum atomic E-state index is -0.289. The maximum Gasteiger partial charge on any atom is 0.255 e. The van der Waals surface area contributed by atoms with Crippen LogP contribution < -0.4 is 5.73 Å². The van der Waals surface area contributed by atoms with E-state index >= 15 is 0 Å². The molecule has 110 valence electrons. The second-order valence-corrected chi connectivity index (χ2v) is 6.85. The molecule has 1 amide bonds. The lowest BCUT2D eigenvalue weighted by Crippen LogP contribution is -2.59. The molecule has 1 aromatic heterocycles. The highest BCUT2D eigenvalue weighted by Gasteiger charge is 2.33. The maximum absolute atomic E-state index is 12.4. The Morgan fingerprint density at radius 2 is 1.90 bits per heavy atom. The first-order valence-electron chi connectivity index (χ1n) is 6.71. The maximum atomic E-state index is 12.4. The van der Waals surface area contributed by atoms with Gasteiger partial charge in [0.05, 0.1) is 16.1 Å². The molecule has 1 fully saturated rings. The van der Waals surface area contributed by atoms with Gasteiger partial charge in [-0.1, -0.05) is 12.2 Å². The van der Waals surface area contributed by atoms with Gasteiger partial charge in [-0.15, -0.1) is 0 Å². The van der Waals surface area contributed by atoms with Gasteiger partial charge in [-0.05, 0) is 31.7 Å². The highest BCUT2D eigenvalue weighted by Crippen LogP contribution is 2.20. The fraction of sp³-hybridized carbons (Fsp3) is 0.571. The number of hydrogen-bond donors (Lipinski definition) is 1. The molecule has 0 unspecified atom stereocenters. The Hall–Kier alpha value is -0.980. The average molecular weight is 311 g/mol. The molecule has 4 nitrogen and oxygen atoms in total. The zero-order valence-electron chi connectivity index (χ0n) is 12.2. The normalized spacial score (nSPS) is 17.2. The van der Waals surface area contributed by atoms with Crippen molar-refractivity contribution in [2.24, 2.45) is 5.73 Å². The lowest BCUT2D eigenvalue weighted by atomic mass is 10.0. The predicted molar refractivity (Wildman–Crippen MR) is 87.4 cm³/mol. The number of carbonyl (C=O) groups excluding carboxylic acids is 1. The van der Waals surface area contributed by atoms with E-state index in [1.807, 2.05) is 36.4 Å². The molecule has 0 saturated carbocycles. The molecule has 0 bridgehead atoms. The van der Waals surface area contributed by atoms with Crippen LogP contribution in [-0.4, -0.2) is 52.4 Å². The topological polar surface area (TPSA) is 49.6 Å². The number of carbonyl (C=O) groups is 1. The van der Waals surface area contributed by atoms with Crippen molar-refractivity contribution in [2.45, 2.75) is 26.3 Å². The summed E-state index contributed by atoms with van der Waals surface area (Å²) in [5.74, 6) is 0.136. The smallest absolute Gasteiger partial charge is 0.255 e. The van der Waals surface area contributed by atoms with Crippen LogP contribution in [0.2, 0.25) is 0 Å². The largest absolute Gasteiger partial charge is 0.392 e. The van der Waals surface area contributed by atoms with Crippen LogP contribution in [0.25, 0.3) is 0 Å². The Bertz CT molecular complexity index is 516. The van der Waals surface area contributed by atoms with Gasteiger partial charge in [0.2, 0.25) is 0 Å². The van der Waals surface area contributed by atoms with E-state index in [0.29, 0.717) is 4.99 Å². The molecule has 0 aromatic carbocycles. The molecule has 2 N–H and O–H groups in total.